The van der Waals surface area contributed by atoms with Crippen molar-refractivity contribution in [2.45, 2.75) is 39.5 Å². The van der Waals surface area contributed by atoms with Gasteiger partial charge in [-0.25, -0.2) is 0 Å². The van der Waals surface area contributed by atoms with Crippen molar-refractivity contribution >= 4 is 23.7 Å². The molecule has 0 saturated heterocycles. The molecule has 0 spiro atoms. The first-order chi connectivity index (χ1) is 13.5. The van der Waals surface area contributed by atoms with Gasteiger partial charge < -0.3 is 0 Å². The first kappa shape index (κ1) is 21.3. The van der Waals surface area contributed by atoms with Gasteiger partial charge in [-0.1, -0.05) is 88.4 Å². The molecule has 0 amide bonds. The molecular weight excluding hydrogens is 344 g/mol. The second-order valence-corrected chi connectivity index (χ2v) is 6.75. The van der Waals surface area contributed by atoms with Gasteiger partial charge in [0, 0.05) is 11.1 Å². The first-order valence-corrected chi connectivity index (χ1v) is 9.82. The number of carbonyl (C=O) groups is 2. The molecule has 0 radical (unpaired) electrons. The molecule has 144 valence electrons. The zero-order valence-electron chi connectivity index (χ0n) is 16.8. The Morgan fingerprint density at radius 3 is 1.96 bits per heavy atom. The summed E-state index contributed by atoms with van der Waals surface area (Å²) in [5.41, 5.74) is 5.94. The highest BCUT2D eigenvalue weighted by Gasteiger charge is 2.14. The molecule has 0 aromatic heterocycles. The third-order valence-electron chi connectivity index (χ3n) is 4.75. The fourth-order valence-electron chi connectivity index (χ4n) is 3.35. The van der Waals surface area contributed by atoms with Crippen LogP contribution in [-0.4, -0.2) is 11.6 Å². The van der Waals surface area contributed by atoms with Crippen molar-refractivity contribution in [3.63, 3.8) is 0 Å². The smallest absolute Gasteiger partial charge is 0.185 e. The molecule has 2 aromatic carbocycles. The van der Waals surface area contributed by atoms with Gasteiger partial charge in [0.2, 0.25) is 0 Å². The van der Waals surface area contributed by atoms with E-state index in [2.05, 4.69) is 33.1 Å². The van der Waals surface area contributed by atoms with Gasteiger partial charge in [0.25, 0.3) is 0 Å². The van der Waals surface area contributed by atoms with E-state index in [4.69, 9.17) is 0 Å². The van der Waals surface area contributed by atoms with E-state index in [1.807, 2.05) is 42.5 Å². The molecule has 0 fully saturated rings. The van der Waals surface area contributed by atoms with Gasteiger partial charge in [-0.15, -0.1) is 0 Å². The molecule has 2 aromatic rings. The summed E-state index contributed by atoms with van der Waals surface area (Å²) in [5, 5.41) is 0. The van der Waals surface area contributed by atoms with Crippen LogP contribution in [0, 0.1) is 0 Å². The van der Waals surface area contributed by atoms with Gasteiger partial charge in [0.1, 0.15) is 0 Å². The van der Waals surface area contributed by atoms with E-state index >= 15 is 0 Å². The Hall–Kier alpha value is -3.00. The fourth-order valence-corrected chi connectivity index (χ4v) is 3.35. The number of hydrogen-bond acceptors (Lipinski definition) is 2. The summed E-state index contributed by atoms with van der Waals surface area (Å²) in [5.74, 6) is -0.0914. The van der Waals surface area contributed by atoms with Crippen LogP contribution < -0.4 is 0 Å². The lowest BCUT2D eigenvalue weighted by atomic mass is 9.88. The molecule has 2 nitrogen and oxygen atoms in total. The molecule has 0 bridgehead atoms. The Kier molecular flexibility index (Phi) is 7.88. The zero-order chi connectivity index (χ0) is 20.5. The minimum Gasteiger partial charge on any atom is -0.289 e. The van der Waals surface area contributed by atoms with Crippen molar-refractivity contribution in [3.05, 3.63) is 95.1 Å². The number of rotatable bonds is 10. The topological polar surface area (TPSA) is 34.1 Å². The summed E-state index contributed by atoms with van der Waals surface area (Å²) in [7, 11) is 0. The number of allylic oxidation sites excluding steroid dienone is 2. The van der Waals surface area contributed by atoms with Crippen LogP contribution in [0.2, 0.25) is 0 Å². The minimum absolute atomic E-state index is 0.0150. The maximum Gasteiger partial charge on any atom is 0.185 e. The number of benzene rings is 2. The molecule has 0 aliphatic carbocycles. The molecule has 2 heteroatoms. The highest BCUT2D eigenvalue weighted by molar-refractivity contribution is 6.06. The van der Waals surface area contributed by atoms with Gasteiger partial charge in [-0.2, -0.15) is 0 Å². The second-order valence-electron chi connectivity index (χ2n) is 6.75. The molecule has 0 saturated carbocycles. The van der Waals surface area contributed by atoms with E-state index in [-0.39, 0.29) is 11.6 Å². The molecule has 0 N–H and O–H groups in total. The average Bonchev–Trinajstić information content (AvgIpc) is 2.73. The lowest BCUT2D eigenvalue weighted by Crippen LogP contribution is -2.07. The average molecular weight is 373 g/mol. The number of ketones is 2. The largest absolute Gasteiger partial charge is 0.289 e. The fraction of sp³-hybridized carbons (Fsp3) is 0.231. The van der Waals surface area contributed by atoms with Gasteiger partial charge in [0.05, 0.1) is 0 Å². The quantitative estimate of drug-likeness (QED) is 0.271. The molecule has 0 aliphatic rings. The van der Waals surface area contributed by atoms with Crippen LogP contribution in [0.25, 0.3) is 12.2 Å². The standard InChI is InChI=1S/C26H28O2/c1-5-9-22-20(17-18-24(26(28)8-4)23(22)10-6-2)14-11-19-12-15-21(16-13-19)25(27)7-3/h7-8,11-18H,3-6,9-10H2,1-2H3. The summed E-state index contributed by atoms with van der Waals surface area (Å²) in [6.07, 6.45) is 10.7. The van der Waals surface area contributed by atoms with Crippen molar-refractivity contribution in [3.8, 4) is 0 Å². The highest BCUT2D eigenvalue weighted by atomic mass is 16.1. The minimum atomic E-state index is -0.0764. The predicted octanol–water partition coefficient (Wildman–Crippen LogP) is 6.50. The summed E-state index contributed by atoms with van der Waals surface area (Å²) in [6, 6.07) is 11.4. The monoisotopic (exact) mass is 372 g/mol. The van der Waals surface area contributed by atoms with E-state index in [1.165, 1.54) is 17.7 Å². The van der Waals surface area contributed by atoms with Crippen molar-refractivity contribution in [1.29, 1.82) is 0 Å². The predicted molar refractivity (Wildman–Crippen MR) is 119 cm³/mol. The van der Waals surface area contributed by atoms with Crippen LogP contribution in [0.4, 0.5) is 0 Å². The summed E-state index contributed by atoms with van der Waals surface area (Å²) >= 11 is 0. The highest BCUT2D eigenvalue weighted by Crippen LogP contribution is 2.25. The van der Waals surface area contributed by atoms with E-state index < -0.39 is 0 Å². The third kappa shape index (κ3) is 5.04. The Balaban J connectivity index is 2.43. The van der Waals surface area contributed by atoms with Crippen LogP contribution in [0.15, 0.2) is 61.7 Å². The van der Waals surface area contributed by atoms with E-state index in [0.29, 0.717) is 5.56 Å². The van der Waals surface area contributed by atoms with Gasteiger partial charge in [-0.05, 0) is 47.2 Å². The lowest BCUT2D eigenvalue weighted by Gasteiger charge is -2.16. The van der Waals surface area contributed by atoms with Crippen LogP contribution in [0.1, 0.15) is 69.7 Å². The van der Waals surface area contributed by atoms with Gasteiger partial charge >= 0.3 is 0 Å². The van der Waals surface area contributed by atoms with E-state index in [0.717, 1.165) is 47.9 Å². The van der Waals surface area contributed by atoms with Crippen LogP contribution in [-0.2, 0) is 12.8 Å². The van der Waals surface area contributed by atoms with Crippen molar-refractivity contribution in [1.82, 2.24) is 0 Å². The zero-order valence-corrected chi connectivity index (χ0v) is 16.8. The van der Waals surface area contributed by atoms with Crippen molar-refractivity contribution < 1.29 is 9.59 Å². The molecule has 28 heavy (non-hydrogen) atoms. The summed E-state index contributed by atoms with van der Waals surface area (Å²) in [4.78, 5) is 24.0. The van der Waals surface area contributed by atoms with E-state index in [1.54, 1.807) is 0 Å². The molecular formula is C26H28O2. The Morgan fingerprint density at radius 1 is 0.786 bits per heavy atom. The molecule has 0 unspecified atom stereocenters. The summed E-state index contributed by atoms with van der Waals surface area (Å²) < 4.78 is 0. The Morgan fingerprint density at radius 2 is 1.39 bits per heavy atom. The van der Waals surface area contributed by atoms with Crippen LogP contribution in [0.5, 0.6) is 0 Å². The normalized spacial score (nSPS) is 10.8. The molecule has 0 atom stereocenters. The maximum absolute atomic E-state index is 12.3. The van der Waals surface area contributed by atoms with Crippen LogP contribution >= 0.6 is 0 Å². The lowest BCUT2D eigenvalue weighted by molar-refractivity contribution is 0.103. The SMILES string of the molecule is C=CC(=O)c1ccc(C=Cc2ccc(C(=O)C=C)c(CCC)c2CCC)cc1. The maximum atomic E-state index is 12.3. The third-order valence-corrected chi connectivity index (χ3v) is 4.75. The van der Waals surface area contributed by atoms with Crippen molar-refractivity contribution in [2.24, 2.45) is 0 Å². The van der Waals surface area contributed by atoms with Crippen LogP contribution in [0.3, 0.4) is 0 Å². The van der Waals surface area contributed by atoms with Crippen molar-refractivity contribution in [2.75, 3.05) is 0 Å². The first-order valence-electron chi connectivity index (χ1n) is 9.82. The van der Waals surface area contributed by atoms with Gasteiger partial charge in [0.15, 0.2) is 11.6 Å². The van der Waals surface area contributed by atoms with E-state index in [9.17, 15) is 9.59 Å². The molecule has 0 heterocycles. The molecule has 0 aliphatic heterocycles. The Bertz CT molecular complexity index is 899. The number of hydrogen-bond donors (Lipinski definition) is 0. The van der Waals surface area contributed by atoms with Gasteiger partial charge in [-0.3, -0.25) is 9.59 Å². The summed E-state index contributed by atoms with van der Waals surface area (Å²) in [6.45, 7) is 11.4. The Labute approximate surface area is 168 Å². The second kappa shape index (κ2) is 10.4. The molecule has 2 rings (SSSR count). The number of carbonyl (C=O) groups excluding carboxylic acids is 2.